The summed E-state index contributed by atoms with van der Waals surface area (Å²) < 4.78 is 0. The van der Waals surface area contributed by atoms with Gasteiger partial charge < -0.3 is 5.32 Å². The number of aryl methyl sites for hydroxylation is 3. The summed E-state index contributed by atoms with van der Waals surface area (Å²) in [5, 5.41) is 3.43. The maximum Gasteiger partial charge on any atom is 0.0594 e. The van der Waals surface area contributed by atoms with Crippen LogP contribution in [0.5, 0.6) is 0 Å². The lowest BCUT2D eigenvalue weighted by Crippen LogP contribution is -2.03. The van der Waals surface area contributed by atoms with Crippen molar-refractivity contribution in [1.82, 2.24) is 4.98 Å². The first kappa shape index (κ1) is 11.6. The first-order chi connectivity index (χ1) is 8.15. The Labute approximate surface area is 103 Å². The minimum atomic E-state index is 0.768. The number of anilines is 1. The topological polar surface area (TPSA) is 24.9 Å². The molecule has 17 heavy (non-hydrogen) atoms. The van der Waals surface area contributed by atoms with Gasteiger partial charge in [0.1, 0.15) is 0 Å². The molecule has 0 atom stereocenters. The Balaban J connectivity index is 2.07. The number of nitrogens with zero attached hydrogens (tertiary/aromatic N) is 1. The van der Waals surface area contributed by atoms with E-state index in [0.29, 0.717) is 0 Å². The fourth-order valence-electron chi connectivity index (χ4n) is 1.72. The van der Waals surface area contributed by atoms with Crippen LogP contribution in [0.15, 0.2) is 36.5 Å². The van der Waals surface area contributed by atoms with E-state index < -0.39 is 0 Å². The second-order valence-corrected chi connectivity index (χ2v) is 4.50. The van der Waals surface area contributed by atoms with Gasteiger partial charge in [0, 0.05) is 11.9 Å². The smallest absolute Gasteiger partial charge is 0.0594 e. The van der Waals surface area contributed by atoms with Crippen LogP contribution in [-0.4, -0.2) is 4.98 Å². The van der Waals surface area contributed by atoms with Crippen molar-refractivity contribution >= 4 is 5.69 Å². The maximum atomic E-state index is 4.38. The van der Waals surface area contributed by atoms with Crippen molar-refractivity contribution in [2.45, 2.75) is 27.3 Å². The fraction of sp³-hybridized carbons (Fsp3) is 0.267. The summed E-state index contributed by atoms with van der Waals surface area (Å²) in [6.07, 6.45) is 1.90. The van der Waals surface area contributed by atoms with Crippen molar-refractivity contribution in [2.24, 2.45) is 0 Å². The molecule has 2 heteroatoms. The van der Waals surface area contributed by atoms with Crippen molar-refractivity contribution in [1.29, 1.82) is 0 Å². The second-order valence-electron chi connectivity index (χ2n) is 4.50. The molecule has 0 saturated carbocycles. The van der Waals surface area contributed by atoms with E-state index in [1.165, 1.54) is 22.4 Å². The first-order valence-electron chi connectivity index (χ1n) is 5.88. The molecule has 2 aromatic rings. The number of nitrogens with one attached hydrogen (secondary N) is 1. The van der Waals surface area contributed by atoms with Gasteiger partial charge >= 0.3 is 0 Å². The molecule has 0 aliphatic heterocycles. The molecular weight excluding hydrogens is 208 g/mol. The Morgan fingerprint density at radius 2 is 1.76 bits per heavy atom. The number of benzene rings is 1. The Morgan fingerprint density at radius 3 is 2.47 bits per heavy atom. The highest BCUT2D eigenvalue weighted by atomic mass is 14.9. The van der Waals surface area contributed by atoms with E-state index in [1.807, 2.05) is 6.20 Å². The third-order valence-electron chi connectivity index (χ3n) is 2.83. The summed E-state index contributed by atoms with van der Waals surface area (Å²) in [4.78, 5) is 4.38. The summed E-state index contributed by atoms with van der Waals surface area (Å²) in [5.74, 6) is 0. The van der Waals surface area contributed by atoms with Crippen LogP contribution in [0, 0.1) is 20.8 Å². The average molecular weight is 226 g/mol. The van der Waals surface area contributed by atoms with Gasteiger partial charge in [0.2, 0.25) is 0 Å². The van der Waals surface area contributed by atoms with Crippen LogP contribution in [0.1, 0.15) is 22.4 Å². The van der Waals surface area contributed by atoms with Gasteiger partial charge in [0.05, 0.1) is 12.2 Å². The third kappa shape index (κ3) is 3.06. The predicted molar refractivity (Wildman–Crippen MR) is 72.2 cm³/mol. The second kappa shape index (κ2) is 5.00. The zero-order valence-electron chi connectivity index (χ0n) is 10.6. The molecule has 1 aromatic heterocycles. The highest BCUT2D eigenvalue weighted by molar-refractivity contribution is 5.52. The molecule has 1 N–H and O–H groups in total. The van der Waals surface area contributed by atoms with Gasteiger partial charge in [-0.15, -0.1) is 0 Å². The van der Waals surface area contributed by atoms with E-state index in [9.17, 15) is 0 Å². The zero-order chi connectivity index (χ0) is 12.3. The third-order valence-corrected chi connectivity index (χ3v) is 2.83. The Morgan fingerprint density at radius 1 is 1.00 bits per heavy atom. The van der Waals surface area contributed by atoms with E-state index >= 15 is 0 Å². The lowest BCUT2D eigenvalue weighted by Gasteiger charge is -2.10. The predicted octanol–water partition coefficient (Wildman–Crippen LogP) is 3.62. The summed E-state index contributed by atoms with van der Waals surface area (Å²) in [5.41, 5.74) is 5.99. The maximum absolute atomic E-state index is 4.38. The summed E-state index contributed by atoms with van der Waals surface area (Å²) in [6, 6.07) is 10.6. The van der Waals surface area contributed by atoms with E-state index in [0.717, 1.165) is 12.2 Å². The van der Waals surface area contributed by atoms with Crippen LogP contribution in [0.25, 0.3) is 0 Å². The Kier molecular flexibility index (Phi) is 3.43. The van der Waals surface area contributed by atoms with Crippen LogP contribution >= 0.6 is 0 Å². The lowest BCUT2D eigenvalue weighted by molar-refractivity contribution is 1.03. The number of aromatic nitrogens is 1. The molecular formula is C15H18N2. The first-order valence-corrected chi connectivity index (χ1v) is 5.88. The van der Waals surface area contributed by atoms with Gasteiger partial charge in [-0.1, -0.05) is 18.2 Å². The minimum absolute atomic E-state index is 0.768. The van der Waals surface area contributed by atoms with Gasteiger partial charge in [-0.05, 0) is 49.6 Å². The van der Waals surface area contributed by atoms with Crippen LogP contribution in [0.3, 0.4) is 0 Å². The molecule has 0 unspecified atom stereocenters. The van der Waals surface area contributed by atoms with Crippen LogP contribution in [-0.2, 0) is 6.54 Å². The summed E-state index contributed by atoms with van der Waals surface area (Å²) >= 11 is 0. The fourth-order valence-corrected chi connectivity index (χ4v) is 1.72. The standard InChI is InChI=1S/C15H18N2/c1-11-4-6-13(3)15(8-11)17-10-14-7-5-12(2)9-16-14/h4-9,17H,10H2,1-3H3. The van der Waals surface area contributed by atoms with Gasteiger partial charge in [-0.3, -0.25) is 4.98 Å². The average Bonchev–Trinajstić information content (AvgIpc) is 2.32. The molecule has 0 spiro atoms. The Bertz CT molecular complexity index is 501. The monoisotopic (exact) mass is 226 g/mol. The Hall–Kier alpha value is -1.83. The van der Waals surface area contributed by atoms with Gasteiger partial charge in [-0.25, -0.2) is 0 Å². The van der Waals surface area contributed by atoms with Crippen molar-refractivity contribution in [2.75, 3.05) is 5.32 Å². The van der Waals surface area contributed by atoms with Crippen molar-refractivity contribution in [3.8, 4) is 0 Å². The van der Waals surface area contributed by atoms with Crippen molar-refractivity contribution in [3.05, 3.63) is 58.9 Å². The number of pyridine rings is 1. The van der Waals surface area contributed by atoms with Crippen molar-refractivity contribution < 1.29 is 0 Å². The molecule has 2 nitrogen and oxygen atoms in total. The molecule has 1 heterocycles. The molecule has 0 saturated heterocycles. The van der Waals surface area contributed by atoms with Gasteiger partial charge in [0.25, 0.3) is 0 Å². The molecule has 0 aliphatic rings. The normalized spacial score (nSPS) is 10.3. The van der Waals surface area contributed by atoms with Crippen LogP contribution < -0.4 is 5.32 Å². The molecule has 1 aromatic carbocycles. The van der Waals surface area contributed by atoms with Gasteiger partial charge in [-0.2, -0.15) is 0 Å². The molecule has 88 valence electrons. The molecule has 0 radical (unpaired) electrons. The van der Waals surface area contributed by atoms with E-state index in [2.05, 4.69) is 61.4 Å². The molecule has 0 aliphatic carbocycles. The van der Waals surface area contributed by atoms with Crippen LogP contribution in [0.4, 0.5) is 5.69 Å². The number of hydrogen-bond acceptors (Lipinski definition) is 2. The highest BCUT2D eigenvalue weighted by Crippen LogP contribution is 2.17. The minimum Gasteiger partial charge on any atom is -0.379 e. The molecule has 2 rings (SSSR count). The van der Waals surface area contributed by atoms with E-state index in [4.69, 9.17) is 0 Å². The molecule has 0 amide bonds. The largest absolute Gasteiger partial charge is 0.379 e. The van der Waals surface area contributed by atoms with E-state index in [1.54, 1.807) is 0 Å². The van der Waals surface area contributed by atoms with Gasteiger partial charge in [0.15, 0.2) is 0 Å². The van der Waals surface area contributed by atoms with Crippen LogP contribution in [0.2, 0.25) is 0 Å². The lowest BCUT2D eigenvalue weighted by atomic mass is 10.1. The summed E-state index contributed by atoms with van der Waals surface area (Å²) in [6.45, 7) is 7.04. The number of rotatable bonds is 3. The SMILES string of the molecule is Cc1ccc(CNc2cc(C)ccc2C)nc1. The van der Waals surface area contributed by atoms with E-state index in [-0.39, 0.29) is 0 Å². The number of hydrogen-bond donors (Lipinski definition) is 1. The molecule has 0 bridgehead atoms. The quantitative estimate of drug-likeness (QED) is 0.864. The van der Waals surface area contributed by atoms with Crippen molar-refractivity contribution in [3.63, 3.8) is 0 Å². The zero-order valence-corrected chi connectivity index (χ0v) is 10.6. The highest BCUT2D eigenvalue weighted by Gasteiger charge is 1.99. The summed E-state index contributed by atoms with van der Waals surface area (Å²) in [7, 11) is 0. The molecule has 0 fully saturated rings.